The van der Waals surface area contributed by atoms with Crippen LogP contribution >= 0.6 is 0 Å². The molecule has 1 aromatic carbocycles. The monoisotopic (exact) mass is 222 g/mol. The lowest BCUT2D eigenvalue weighted by Gasteiger charge is -2.17. The van der Waals surface area contributed by atoms with E-state index in [0.29, 0.717) is 0 Å². The molecule has 0 fully saturated rings. The Morgan fingerprint density at radius 1 is 1.44 bits per heavy atom. The predicted molar refractivity (Wildman–Crippen MR) is 63.2 cm³/mol. The summed E-state index contributed by atoms with van der Waals surface area (Å²) in [5.41, 5.74) is 6.84. The molecule has 0 aliphatic carbocycles. The van der Waals surface area contributed by atoms with E-state index in [1.165, 1.54) is 4.90 Å². The first-order valence-corrected chi connectivity index (χ1v) is 5.15. The van der Waals surface area contributed by atoms with E-state index < -0.39 is 0 Å². The van der Waals surface area contributed by atoms with Gasteiger partial charge in [-0.15, -0.1) is 0 Å². The zero-order valence-corrected chi connectivity index (χ0v) is 9.93. The Hall–Kier alpha value is -1.55. The molecule has 0 bridgehead atoms. The number of hydrogen-bond acceptors (Lipinski definition) is 3. The summed E-state index contributed by atoms with van der Waals surface area (Å²) >= 11 is 0. The highest BCUT2D eigenvalue weighted by molar-refractivity contribution is 5.76. The van der Waals surface area contributed by atoms with Gasteiger partial charge in [-0.1, -0.05) is 18.2 Å². The average Bonchev–Trinajstić information content (AvgIpc) is 2.28. The predicted octanol–water partition coefficient (Wildman–Crippen LogP) is 1.17. The van der Waals surface area contributed by atoms with Gasteiger partial charge in [0, 0.05) is 32.1 Å². The SMILES string of the molecule is COc1ccccc1C(N)CC(=O)N(C)C. The van der Waals surface area contributed by atoms with Gasteiger partial charge >= 0.3 is 0 Å². The van der Waals surface area contributed by atoms with Gasteiger partial charge in [0.25, 0.3) is 0 Å². The number of methoxy groups -OCH3 is 1. The molecule has 0 saturated carbocycles. The van der Waals surface area contributed by atoms with Gasteiger partial charge in [-0.05, 0) is 6.07 Å². The lowest BCUT2D eigenvalue weighted by molar-refractivity contribution is -0.129. The van der Waals surface area contributed by atoms with Crippen LogP contribution in [0.4, 0.5) is 0 Å². The zero-order chi connectivity index (χ0) is 12.1. The van der Waals surface area contributed by atoms with E-state index in [0.717, 1.165) is 11.3 Å². The summed E-state index contributed by atoms with van der Waals surface area (Å²) in [5.74, 6) is 0.736. The number of benzene rings is 1. The van der Waals surface area contributed by atoms with Crippen LogP contribution in [0.15, 0.2) is 24.3 Å². The molecule has 0 radical (unpaired) electrons. The maximum atomic E-state index is 11.5. The molecule has 1 rings (SSSR count). The topological polar surface area (TPSA) is 55.6 Å². The van der Waals surface area contributed by atoms with E-state index in [2.05, 4.69) is 0 Å². The molecule has 0 aliphatic rings. The molecule has 0 aliphatic heterocycles. The van der Waals surface area contributed by atoms with Crippen LogP contribution in [0.5, 0.6) is 5.75 Å². The third-order valence-electron chi connectivity index (χ3n) is 2.43. The smallest absolute Gasteiger partial charge is 0.223 e. The first-order valence-electron chi connectivity index (χ1n) is 5.15. The van der Waals surface area contributed by atoms with Crippen LogP contribution in [0.3, 0.4) is 0 Å². The largest absolute Gasteiger partial charge is 0.496 e. The fourth-order valence-electron chi connectivity index (χ4n) is 1.45. The quantitative estimate of drug-likeness (QED) is 0.832. The molecule has 1 atom stereocenters. The van der Waals surface area contributed by atoms with Crippen molar-refractivity contribution in [3.8, 4) is 5.75 Å². The molecule has 0 heterocycles. The van der Waals surface area contributed by atoms with Gasteiger partial charge in [0.15, 0.2) is 0 Å². The average molecular weight is 222 g/mol. The van der Waals surface area contributed by atoms with Crippen molar-refractivity contribution in [2.24, 2.45) is 5.73 Å². The number of carbonyl (C=O) groups excluding carboxylic acids is 1. The fourth-order valence-corrected chi connectivity index (χ4v) is 1.45. The summed E-state index contributed by atoms with van der Waals surface area (Å²) in [4.78, 5) is 13.1. The maximum Gasteiger partial charge on any atom is 0.223 e. The van der Waals surface area contributed by atoms with Gasteiger partial charge < -0.3 is 15.4 Å². The number of ether oxygens (including phenoxy) is 1. The normalized spacial score (nSPS) is 12.0. The van der Waals surface area contributed by atoms with Crippen molar-refractivity contribution in [2.75, 3.05) is 21.2 Å². The summed E-state index contributed by atoms with van der Waals surface area (Å²) in [6.45, 7) is 0. The van der Waals surface area contributed by atoms with E-state index in [4.69, 9.17) is 10.5 Å². The molecule has 2 N–H and O–H groups in total. The van der Waals surface area contributed by atoms with Gasteiger partial charge in [-0.2, -0.15) is 0 Å². The maximum absolute atomic E-state index is 11.5. The minimum absolute atomic E-state index is 0.0124. The molecule has 88 valence electrons. The highest BCUT2D eigenvalue weighted by Crippen LogP contribution is 2.25. The standard InChI is InChI=1S/C12H18N2O2/c1-14(2)12(15)8-10(13)9-6-4-5-7-11(9)16-3/h4-7,10H,8,13H2,1-3H3. The molecule has 0 spiro atoms. The number of nitrogens with two attached hydrogens (primary N) is 1. The van der Waals surface area contributed by atoms with Crippen LogP contribution in [-0.2, 0) is 4.79 Å². The van der Waals surface area contributed by atoms with Gasteiger partial charge in [-0.3, -0.25) is 4.79 Å². The minimum atomic E-state index is -0.328. The van der Waals surface area contributed by atoms with Crippen LogP contribution in [0.25, 0.3) is 0 Å². The molecule has 1 amide bonds. The van der Waals surface area contributed by atoms with E-state index in [-0.39, 0.29) is 18.4 Å². The Labute approximate surface area is 96.0 Å². The van der Waals surface area contributed by atoms with Crippen LogP contribution in [0.1, 0.15) is 18.0 Å². The summed E-state index contributed by atoms with van der Waals surface area (Å²) in [7, 11) is 5.04. The van der Waals surface area contributed by atoms with Crippen LogP contribution in [-0.4, -0.2) is 32.0 Å². The molecule has 4 nitrogen and oxygen atoms in total. The Morgan fingerprint density at radius 2 is 2.06 bits per heavy atom. The molecule has 1 unspecified atom stereocenters. The van der Waals surface area contributed by atoms with E-state index in [9.17, 15) is 4.79 Å². The van der Waals surface area contributed by atoms with Crippen LogP contribution < -0.4 is 10.5 Å². The highest BCUT2D eigenvalue weighted by Gasteiger charge is 2.16. The Morgan fingerprint density at radius 3 is 2.62 bits per heavy atom. The lowest BCUT2D eigenvalue weighted by Crippen LogP contribution is -2.26. The second-order valence-electron chi connectivity index (χ2n) is 3.84. The first-order chi connectivity index (χ1) is 7.56. The van der Waals surface area contributed by atoms with Gasteiger partial charge in [0.1, 0.15) is 5.75 Å². The number of hydrogen-bond donors (Lipinski definition) is 1. The minimum Gasteiger partial charge on any atom is -0.496 e. The Kier molecular flexibility index (Phi) is 4.31. The second-order valence-corrected chi connectivity index (χ2v) is 3.84. The molecule has 4 heteroatoms. The first kappa shape index (κ1) is 12.5. The van der Waals surface area contributed by atoms with Crippen molar-refractivity contribution in [1.29, 1.82) is 0 Å². The van der Waals surface area contributed by atoms with Gasteiger partial charge in [0.2, 0.25) is 5.91 Å². The molecule has 0 saturated heterocycles. The Balaban J connectivity index is 2.80. The third kappa shape index (κ3) is 2.97. The lowest BCUT2D eigenvalue weighted by atomic mass is 10.0. The summed E-state index contributed by atoms with van der Waals surface area (Å²) in [6, 6.07) is 7.16. The number of carbonyl (C=O) groups is 1. The van der Waals surface area contributed by atoms with Crippen molar-refractivity contribution in [2.45, 2.75) is 12.5 Å². The Bertz CT molecular complexity index is 364. The van der Waals surface area contributed by atoms with Gasteiger partial charge in [0.05, 0.1) is 7.11 Å². The molecule has 16 heavy (non-hydrogen) atoms. The molecular weight excluding hydrogens is 204 g/mol. The number of nitrogens with zero attached hydrogens (tertiary/aromatic N) is 1. The van der Waals surface area contributed by atoms with Crippen molar-refractivity contribution in [3.05, 3.63) is 29.8 Å². The fraction of sp³-hybridized carbons (Fsp3) is 0.417. The van der Waals surface area contributed by atoms with E-state index in [1.54, 1.807) is 21.2 Å². The second kappa shape index (κ2) is 5.51. The third-order valence-corrected chi connectivity index (χ3v) is 2.43. The van der Waals surface area contributed by atoms with E-state index >= 15 is 0 Å². The van der Waals surface area contributed by atoms with E-state index in [1.807, 2.05) is 24.3 Å². The number of amides is 1. The van der Waals surface area contributed by atoms with Gasteiger partial charge in [-0.25, -0.2) is 0 Å². The molecule has 1 aromatic rings. The molecular formula is C12H18N2O2. The molecule has 0 aromatic heterocycles. The van der Waals surface area contributed by atoms with Crippen molar-refractivity contribution < 1.29 is 9.53 Å². The van der Waals surface area contributed by atoms with Crippen molar-refractivity contribution >= 4 is 5.91 Å². The number of rotatable bonds is 4. The summed E-state index contributed by atoms with van der Waals surface area (Å²) in [6.07, 6.45) is 0.285. The van der Waals surface area contributed by atoms with Crippen molar-refractivity contribution in [3.63, 3.8) is 0 Å². The number of para-hydroxylation sites is 1. The van der Waals surface area contributed by atoms with Crippen LogP contribution in [0.2, 0.25) is 0 Å². The zero-order valence-electron chi connectivity index (χ0n) is 9.93. The highest BCUT2D eigenvalue weighted by atomic mass is 16.5. The summed E-state index contributed by atoms with van der Waals surface area (Å²) < 4.78 is 5.20. The van der Waals surface area contributed by atoms with Crippen molar-refractivity contribution in [1.82, 2.24) is 4.90 Å². The summed E-state index contributed by atoms with van der Waals surface area (Å²) in [5, 5.41) is 0. The van der Waals surface area contributed by atoms with Crippen LogP contribution in [0, 0.1) is 0 Å².